The predicted molar refractivity (Wildman–Crippen MR) is 130 cm³/mol. The molecule has 7 heteroatoms. The number of hydrogen-bond donors (Lipinski definition) is 0. The van der Waals surface area contributed by atoms with Crippen molar-refractivity contribution in [2.45, 2.75) is 31.3 Å². The SMILES string of the molecule is C=CCN(C)Cc1nnc2n1-c1cccc(SCCC)c1C(c1ccc(Cl)cc1)=NC2. The van der Waals surface area contributed by atoms with Gasteiger partial charge in [-0.3, -0.25) is 14.5 Å². The molecule has 160 valence electrons. The second-order valence-electron chi connectivity index (χ2n) is 7.52. The topological polar surface area (TPSA) is 46.3 Å². The van der Waals surface area contributed by atoms with E-state index in [1.165, 1.54) is 4.90 Å². The Morgan fingerprint density at radius 3 is 2.74 bits per heavy atom. The van der Waals surface area contributed by atoms with Crippen LogP contribution in [0.4, 0.5) is 0 Å². The summed E-state index contributed by atoms with van der Waals surface area (Å²) in [6.07, 6.45) is 3.01. The van der Waals surface area contributed by atoms with Crippen LogP contribution in [0.15, 0.2) is 65.0 Å². The molecule has 2 heterocycles. The van der Waals surface area contributed by atoms with Crippen LogP contribution in [0.1, 0.15) is 36.1 Å². The Kier molecular flexibility index (Phi) is 6.90. The van der Waals surface area contributed by atoms with Crippen molar-refractivity contribution in [3.05, 3.63) is 82.9 Å². The van der Waals surface area contributed by atoms with E-state index in [4.69, 9.17) is 16.6 Å². The van der Waals surface area contributed by atoms with E-state index in [-0.39, 0.29) is 0 Å². The van der Waals surface area contributed by atoms with Crippen molar-refractivity contribution in [3.8, 4) is 5.69 Å². The van der Waals surface area contributed by atoms with Gasteiger partial charge in [-0.15, -0.1) is 28.5 Å². The number of aliphatic imine (C=N–C) groups is 1. The summed E-state index contributed by atoms with van der Waals surface area (Å²) >= 11 is 8.02. The highest BCUT2D eigenvalue weighted by molar-refractivity contribution is 7.99. The highest BCUT2D eigenvalue weighted by Crippen LogP contribution is 2.34. The molecule has 0 unspecified atom stereocenters. The molecule has 1 aliphatic heterocycles. The molecule has 1 aliphatic rings. The van der Waals surface area contributed by atoms with Crippen LogP contribution in [0.5, 0.6) is 0 Å². The predicted octanol–water partition coefficient (Wildman–Crippen LogP) is 5.39. The highest BCUT2D eigenvalue weighted by Gasteiger charge is 2.25. The summed E-state index contributed by atoms with van der Waals surface area (Å²) in [6.45, 7) is 7.99. The lowest BCUT2D eigenvalue weighted by Crippen LogP contribution is -2.21. The van der Waals surface area contributed by atoms with Crippen LogP contribution in [0.25, 0.3) is 5.69 Å². The number of halogens is 1. The van der Waals surface area contributed by atoms with Gasteiger partial charge in [-0.1, -0.05) is 42.8 Å². The number of fused-ring (bicyclic) bond motifs is 3. The van der Waals surface area contributed by atoms with Gasteiger partial charge in [-0.25, -0.2) is 0 Å². The van der Waals surface area contributed by atoms with Gasteiger partial charge in [0.15, 0.2) is 11.6 Å². The minimum absolute atomic E-state index is 0.475. The number of likely N-dealkylation sites (N-methyl/N-ethyl adjacent to an activating group) is 1. The van der Waals surface area contributed by atoms with Gasteiger partial charge in [0.2, 0.25) is 0 Å². The fraction of sp³-hybridized carbons (Fsp3) is 0.292. The summed E-state index contributed by atoms with van der Waals surface area (Å²) < 4.78 is 2.18. The average Bonchev–Trinajstić information content (AvgIpc) is 3.07. The van der Waals surface area contributed by atoms with Gasteiger partial charge in [0.05, 0.1) is 17.9 Å². The maximum Gasteiger partial charge on any atom is 0.159 e. The van der Waals surface area contributed by atoms with Crippen molar-refractivity contribution in [2.75, 3.05) is 19.3 Å². The molecular weight excluding hydrogens is 426 g/mol. The summed E-state index contributed by atoms with van der Waals surface area (Å²) in [5.74, 6) is 2.81. The Hall–Kier alpha value is -2.41. The van der Waals surface area contributed by atoms with Crippen molar-refractivity contribution >= 4 is 29.1 Å². The molecule has 4 rings (SSSR count). The molecule has 0 saturated carbocycles. The molecule has 0 N–H and O–H groups in total. The van der Waals surface area contributed by atoms with Crippen LogP contribution in [0.3, 0.4) is 0 Å². The molecule has 0 fully saturated rings. The first-order chi connectivity index (χ1) is 15.1. The number of hydrogen-bond acceptors (Lipinski definition) is 5. The van der Waals surface area contributed by atoms with Gasteiger partial charge < -0.3 is 0 Å². The molecule has 3 aromatic rings. The standard InChI is InChI=1S/C24H26ClN5S/c1-4-13-29(3)16-22-28-27-21-15-26-24(17-9-11-18(25)12-10-17)23-19(30(21)22)7-6-8-20(23)31-14-5-2/h4,6-12H,1,5,13-16H2,2-3H3. The first kappa shape index (κ1) is 21.8. The van der Waals surface area contributed by atoms with Crippen molar-refractivity contribution < 1.29 is 0 Å². The smallest absolute Gasteiger partial charge is 0.159 e. The summed E-state index contributed by atoms with van der Waals surface area (Å²) in [6, 6.07) is 14.4. The Balaban J connectivity index is 1.88. The summed E-state index contributed by atoms with van der Waals surface area (Å²) in [5, 5.41) is 9.71. The molecule has 0 saturated heterocycles. The molecular formula is C24H26ClN5S. The molecule has 0 amide bonds. The molecule has 31 heavy (non-hydrogen) atoms. The van der Waals surface area contributed by atoms with Crippen LogP contribution in [0, 0.1) is 0 Å². The number of rotatable bonds is 8. The van der Waals surface area contributed by atoms with Crippen LogP contribution in [0.2, 0.25) is 5.02 Å². The lowest BCUT2D eigenvalue weighted by Gasteiger charge is -2.19. The molecule has 0 bridgehead atoms. The van der Waals surface area contributed by atoms with Crippen molar-refractivity contribution in [1.82, 2.24) is 19.7 Å². The molecule has 0 spiro atoms. The third-order valence-corrected chi connectivity index (χ3v) is 6.60. The third-order valence-electron chi connectivity index (χ3n) is 5.09. The fourth-order valence-corrected chi connectivity index (χ4v) is 4.78. The number of aromatic nitrogens is 3. The molecule has 0 radical (unpaired) electrons. The van der Waals surface area contributed by atoms with Crippen molar-refractivity contribution in [2.24, 2.45) is 4.99 Å². The Labute approximate surface area is 192 Å². The molecule has 5 nitrogen and oxygen atoms in total. The zero-order chi connectivity index (χ0) is 21.8. The molecule has 0 aliphatic carbocycles. The maximum absolute atomic E-state index is 6.16. The van der Waals surface area contributed by atoms with Gasteiger partial charge >= 0.3 is 0 Å². The van der Waals surface area contributed by atoms with E-state index in [2.05, 4.69) is 58.4 Å². The van der Waals surface area contributed by atoms with E-state index in [9.17, 15) is 0 Å². The first-order valence-corrected chi connectivity index (χ1v) is 11.8. The minimum atomic E-state index is 0.475. The highest BCUT2D eigenvalue weighted by atomic mass is 35.5. The van der Waals surface area contributed by atoms with Crippen LogP contribution < -0.4 is 0 Å². The number of nitrogens with zero attached hydrogens (tertiary/aromatic N) is 5. The van der Waals surface area contributed by atoms with Crippen molar-refractivity contribution in [3.63, 3.8) is 0 Å². The van der Waals surface area contributed by atoms with E-state index < -0.39 is 0 Å². The van der Waals surface area contributed by atoms with Gasteiger partial charge in [0, 0.05) is 27.6 Å². The third kappa shape index (κ3) is 4.61. The average molecular weight is 452 g/mol. The zero-order valence-electron chi connectivity index (χ0n) is 17.9. The second kappa shape index (κ2) is 9.81. The summed E-state index contributed by atoms with van der Waals surface area (Å²) in [7, 11) is 2.06. The largest absolute Gasteiger partial charge is 0.295 e. The van der Waals surface area contributed by atoms with E-state index in [0.717, 1.165) is 57.9 Å². The molecule has 0 atom stereocenters. The van der Waals surface area contributed by atoms with Crippen LogP contribution >= 0.6 is 23.4 Å². The number of thioether (sulfide) groups is 1. The van der Waals surface area contributed by atoms with Gasteiger partial charge in [-0.05, 0) is 43.5 Å². The monoisotopic (exact) mass is 451 g/mol. The fourth-order valence-electron chi connectivity index (χ4n) is 3.71. The van der Waals surface area contributed by atoms with E-state index >= 15 is 0 Å². The molecule has 2 aromatic carbocycles. The van der Waals surface area contributed by atoms with E-state index in [1.54, 1.807) is 0 Å². The summed E-state index contributed by atoms with van der Waals surface area (Å²) in [5.41, 5.74) is 4.24. The van der Waals surface area contributed by atoms with Crippen LogP contribution in [-0.2, 0) is 13.1 Å². The van der Waals surface area contributed by atoms with E-state index in [1.807, 2.05) is 42.1 Å². The Morgan fingerprint density at radius 1 is 1.19 bits per heavy atom. The number of benzene rings is 2. The van der Waals surface area contributed by atoms with Gasteiger partial charge in [-0.2, -0.15) is 0 Å². The molecule has 1 aromatic heterocycles. The van der Waals surface area contributed by atoms with Gasteiger partial charge in [0.1, 0.15) is 6.54 Å². The Bertz CT molecular complexity index is 1100. The minimum Gasteiger partial charge on any atom is -0.295 e. The lowest BCUT2D eigenvalue weighted by atomic mass is 10.0. The quantitative estimate of drug-likeness (QED) is 0.340. The maximum atomic E-state index is 6.16. The van der Waals surface area contributed by atoms with Gasteiger partial charge in [0.25, 0.3) is 0 Å². The zero-order valence-corrected chi connectivity index (χ0v) is 19.5. The Morgan fingerprint density at radius 2 is 2.00 bits per heavy atom. The lowest BCUT2D eigenvalue weighted by molar-refractivity contribution is 0.350. The van der Waals surface area contributed by atoms with E-state index in [0.29, 0.717) is 13.1 Å². The summed E-state index contributed by atoms with van der Waals surface area (Å²) in [4.78, 5) is 8.40. The normalized spacial score (nSPS) is 12.8. The van der Waals surface area contributed by atoms with Crippen LogP contribution in [-0.4, -0.2) is 44.7 Å². The first-order valence-electron chi connectivity index (χ1n) is 10.4. The van der Waals surface area contributed by atoms with Crippen molar-refractivity contribution in [1.29, 1.82) is 0 Å². The second-order valence-corrected chi connectivity index (χ2v) is 9.10.